The highest BCUT2D eigenvalue weighted by Gasteiger charge is 2.13. The number of nitrogens with zero attached hydrogens (tertiary/aromatic N) is 1. The molecule has 0 N–H and O–H groups in total. The van der Waals surface area contributed by atoms with E-state index in [1.807, 2.05) is 38.1 Å². The molecule has 1 aromatic heterocycles. The third-order valence-corrected chi connectivity index (χ3v) is 5.12. The van der Waals surface area contributed by atoms with Crippen molar-refractivity contribution in [3.8, 4) is 0 Å². The Morgan fingerprint density at radius 3 is 2.65 bits per heavy atom. The number of fused-ring (bicyclic) bond motifs is 1. The van der Waals surface area contributed by atoms with Gasteiger partial charge in [-0.2, -0.15) is 0 Å². The molecule has 23 heavy (non-hydrogen) atoms. The number of thiophene rings is 1. The first-order valence-electron chi connectivity index (χ1n) is 7.06. The van der Waals surface area contributed by atoms with Crippen LogP contribution in [-0.4, -0.2) is 11.7 Å². The van der Waals surface area contributed by atoms with Crippen molar-refractivity contribution in [2.75, 3.05) is 0 Å². The monoisotopic (exact) mass is 343 g/mol. The molecule has 3 aromatic rings. The van der Waals surface area contributed by atoms with Crippen molar-refractivity contribution in [3.63, 3.8) is 0 Å². The molecule has 0 aliphatic carbocycles. The topological polar surface area (TPSA) is 38.7 Å². The van der Waals surface area contributed by atoms with Gasteiger partial charge in [0.05, 0.1) is 16.2 Å². The molecule has 3 rings (SSSR count). The van der Waals surface area contributed by atoms with E-state index in [4.69, 9.17) is 16.4 Å². The zero-order chi connectivity index (χ0) is 16.4. The second kappa shape index (κ2) is 6.52. The molecule has 0 unspecified atom stereocenters. The van der Waals surface area contributed by atoms with Crippen LogP contribution in [-0.2, 0) is 4.84 Å². The molecule has 0 aliphatic heterocycles. The maximum Gasteiger partial charge on any atom is 0.365 e. The number of aryl methyl sites for hydroxylation is 1. The van der Waals surface area contributed by atoms with Crippen molar-refractivity contribution in [1.82, 2.24) is 0 Å². The summed E-state index contributed by atoms with van der Waals surface area (Å²) < 4.78 is 1.13. The number of hydrogen-bond acceptors (Lipinski definition) is 4. The molecule has 0 aliphatic rings. The van der Waals surface area contributed by atoms with Gasteiger partial charge in [0.2, 0.25) is 0 Å². The highest BCUT2D eigenvalue weighted by molar-refractivity contribution is 7.21. The van der Waals surface area contributed by atoms with Gasteiger partial charge in [-0.1, -0.05) is 35.0 Å². The van der Waals surface area contributed by atoms with Crippen LogP contribution in [0.4, 0.5) is 0 Å². The number of rotatable bonds is 3. The minimum absolute atomic E-state index is 0.466. The third kappa shape index (κ3) is 3.28. The van der Waals surface area contributed by atoms with Gasteiger partial charge in [0.15, 0.2) is 0 Å². The Kier molecular flexibility index (Phi) is 4.46. The van der Waals surface area contributed by atoms with Crippen molar-refractivity contribution < 1.29 is 9.63 Å². The van der Waals surface area contributed by atoms with Crippen LogP contribution in [0.25, 0.3) is 10.1 Å². The molecular formula is C18H14ClNO2S. The molecule has 0 bridgehead atoms. The summed E-state index contributed by atoms with van der Waals surface area (Å²) in [6.45, 7) is 3.85. The van der Waals surface area contributed by atoms with E-state index in [2.05, 4.69) is 5.16 Å². The largest absolute Gasteiger partial charge is 0.365 e. The lowest BCUT2D eigenvalue weighted by atomic mass is 10.1. The highest BCUT2D eigenvalue weighted by atomic mass is 35.5. The summed E-state index contributed by atoms with van der Waals surface area (Å²) in [7, 11) is 0. The molecular weight excluding hydrogens is 330 g/mol. The van der Waals surface area contributed by atoms with Crippen molar-refractivity contribution in [3.05, 3.63) is 69.6 Å². The summed E-state index contributed by atoms with van der Waals surface area (Å²) in [6, 6.07) is 14.6. The molecule has 3 nitrogen and oxygen atoms in total. The Morgan fingerprint density at radius 1 is 1.17 bits per heavy atom. The summed E-state index contributed by atoms with van der Waals surface area (Å²) >= 11 is 7.66. The van der Waals surface area contributed by atoms with Gasteiger partial charge in [-0.3, -0.25) is 0 Å². The Labute approximate surface area is 143 Å². The molecule has 0 fully saturated rings. The number of oxime groups is 1. The van der Waals surface area contributed by atoms with Crippen LogP contribution in [0.15, 0.2) is 53.7 Å². The first-order valence-corrected chi connectivity index (χ1v) is 8.25. The van der Waals surface area contributed by atoms with E-state index in [9.17, 15) is 4.79 Å². The first kappa shape index (κ1) is 15.7. The minimum atomic E-state index is -0.466. The minimum Gasteiger partial charge on any atom is -0.313 e. The van der Waals surface area contributed by atoms with Crippen LogP contribution < -0.4 is 0 Å². The van der Waals surface area contributed by atoms with Crippen LogP contribution in [0.3, 0.4) is 0 Å². The Morgan fingerprint density at radius 2 is 1.91 bits per heavy atom. The third-order valence-electron chi connectivity index (χ3n) is 3.50. The van der Waals surface area contributed by atoms with E-state index in [0.717, 1.165) is 20.5 Å². The van der Waals surface area contributed by atoms with Gasteiger partial charge in [-0.05, 0) is 55.1 Å². The Bertz CT molecular complexity index is 900. The second-order valence-electron chi connectivity index (χ2n) is 5.12. The quantitative estimate of drug-likeness (QED) is 0.360. The summed E-state index contributed by atoms with van der Waals surface area (Å²) in [5.41, 5.74) is 2.23. The lowest BCUT2D eigenvalue weighted by Crippen LogP contribution is -2.03. The van der Waals surface area contributed by atoms with Gasteiger partial charge in [-0.25, -0.2) is 4.79 Å². The Balaban J connectivity index is 1.87. The highest BCUT2D eigenvalue weighted by Crippen LogP contribution is 2.33. The van der Waals surface area contributed by atoms with E-state index in [1.54, 1.807) is 35.6 Å². The summed E-state index contributed by atoms with van der Waals surface area (Å²) in [5, 5.41) is 5.80. The van der Waals surface area contributed by atoms with E-state index >= 15 is 0 Å². The van der Waals surface area contributed by atoms with Crippen molar-refractivity contribution >= 4 is 44.7 Å². The van der Waals surface area contributed by atoms with E-state index in [1.165, 1.54) is 0 Å². The Hall–Kier alpha value is -2.17. The lowest BCUT2D eigenvalue weighted by molar-refractivity contribution is 0.0516. The van der Waals surface area contributed by atoms with Crippen LogP contribution >= 0.6 is 22.9 Å². The second-order valence-corrected chi connectivity index (χ2v) is 6.61. The maximum absolute atomic E-state index is 11.9. The molecule has 0 saturated heterocycles. The first-order chi connectivity index (χ1) is 11.1. The van der Waals surface area contributed by atoms with Crippen molar-refractivity contribution in [1.29, 1.82) is 0 Å². The summed E-state index contributed by atoms with van der Waals surface area (Å²) in [6.07, 6.45) is 0. The number of hydrogen-bond donors (Lipinski definition) is 0. The van der Waals surface area contributed by atoms with E-state index < -0.39 is 5.97 Å². The summed E-state index contributed by atoms with van der Waals surface area (Å²) in [4.78, 5) is 18.0. The molecule has 0 amide bonds. The van der Waals surface area contributed by atoms with Gasteiger partial charge in [0, 0.05) is 9.72 Å². The number of benzene rings is 2. The zero-order valence-corrected chi connectivity index (χ0v) is 14.2. The van der Waals surface area contributed by atoms with Crippen molar-refractivity contribution in [2.24, 2.45) is 5.16 Å². The van der Waals surface area contributed by atoms with Crippen LogP contribution in [0.5, 0.6) is 0 Å². The molecule has 0 atom stereocenters. The standard InChI is InChI=1S/C18H14ClNO2S/c1-11-15-10-14(19)8-9-16(15)23-17(11)12(2)20-22-18(21)13-6-4-3-5-7-13/h3-10H,1-2H3/b20-12-. The van der Waals surface area contributed by atoms with Gasteiger partial charge in [0.25, 0.3) is 0 Å². The SMILES string of the molecule is C/C(=N/OC(=O)c1ccccc1)c1sc2ccc(Cl)cc2c1C. The fourth-order valence-electron chi connectivity index (χ4n) is 2.32. The molecule has 1 heterocycles. The molecule has 0 spiro atoms. The van der Waals surface area contributed by atoms with Gasteiger partial charge in [-0.15, -0.1) is 11.3 Å². The molecule has 116 valence electrons. The fraction of sp³-hybridized carbons (Fsp3) is 0.111. The average Bonchev–Trinajstić information content (AvgIpc) is 2.90. The van der Waals surface area contributed by atoms with Gasteiger partial charge in [0.1, 0.15) is 0 Å². The van der Waals surface area contributed by atoms with Crippen LogP contribution in [0.1, 0.15) is 27.7 Å². The molecule has 5 heteroatoms. The number of carbonyl (C=O) groups is 1. The van der Waals surface area contributed by atoms with Crippen molar-refractivity contribution in [2.45, 2.75) is 13.8 Å². The van der Waals surface area contributed by atoms with Crippen LogP contribution in [0.2, 0.25) is 5.02 Å². The molecule has 2 aromatic carbocycles. The van der Waals surface area contributed by atoms with Gasteiger partial charge >= 0.3 is 5.97 Å². The predicted octanol–water partition coefficient (Wildman–Crippen LogP) is 5.44. The molecule has 0 radical (unpaired) electrons. The smallest absolute Gasteiger partial charge is 0.313 e. The fourth-order valence-corrected chi connectivity index (χ4v) is 3.61. The number of halogens is 1. The maximum atomic E-state index is 11.9. The normalized spacial score (nSPS) is 11.7. The van der Waals surface area contributed by atoms with E-state index in [-0.39, 0.29) is 0 Å². The summed E-state index contributed by atoms with van der Waals surface area (Å²) in [5.74, 6) is -0.466. The van der Waals surface area contributed by atoms with Crippen LogP contribution in [0, 0.1) is 6.92 Å². The van der Waals surface area contributed by atoms with E-state index in [0.29, 0.717) is 16.3 Å². The number of carbonyl (C=O) groups excluding carboxylic acids is 1. The zero-order valence-electron chi connectivity index (χ0n) is 12.7. The average molecular weight is 344 g/mol. The van der Waals surface area contributed by atoms with Gasteiger partial charge < -0.3 is 4.84 Å². The predicted molar refractivity (Wildman–Crippen MR) is 95.6 cm³/mol. The molecule has 0 saturated carbocycles. The lowest BCUT2D eigenvalue weighted by Gasteiger charge is -2.00.